The van der Waals surface area contributed by atoms with Gasteiger partial charge in [-0.05, 0) is 31.0 Å². The highest BCUT2D eigenvalue weighted by Gasteiger charge is 2.35. The maximum absolute atomic E-state index is 12.1. The molecular formula is C13H18Cl2N2O. The molecule has 0 atom stereocenters. The highest BCUT2D eigenvalue weighted by Crippen LogP contribution is 2.27. The van der Waals surface area contributed by atoms with Gasteiger partial charge in [-0.2, -0.15) is 0 Å². The average Bonchev–Trinajstić information content (AvgIpc) is 2.30. The number of benzene rings is 1. The molecule has 0 spiro atoms. The van der Waals surface area contributed by atoms with Crippen molar-refractivity contribution in [3.8, 4) is 0 Å². The van der Waals surface area contributed by atoms with E-state index in [0.29, 0.717) is 10.7 Å². The number of carbonyl (C=O) groups excluding carboxylic acids is 1. The van der Waals surface area contributed by atoms with Crippen LogP contribution in [-0.2, 0) is 4.79 Å². The third-order valence-electron chi connectivity index (χ3n) is 3.28. The lowest BCUT2D eigenvalue weighted by molar-refractivity contribution is -0.122. The number of nitrogens with one attached hydrogen (secondary N) is 1. The average molecular weight is 289 g/mol. The monoisotopic (exact) mass is 288 g/mol. The van der Waals surface area contributed by atoms with E-state index in [2.05, 4.69) is 5.32 Å². The smallest absolute Gasteiger partial charge is 0.244 e. The molecule has 100 valence electrons. The first kappa shape index (κ1) is 15.3. The minimum absolute atomic E-state index is 0. The van der Waals surface area contributed by atoms with Crippen LogP contribution in [0.2, 0.25) is 5.02 Å². The van der Waals surface area contributed by atoms with E-state index in [1.807, 2.05) is 12.1 Å². The first-order valence-electron chi connectivity index (χ1n) is 5.96. The van der Waals surface area contributed by atoms with Crippen molar-refractivity contribution in [3.63, 3.8) is 0 Å². The van der Waals surface area contributed by atoms with Gasteiger partial charge in [-0.15, -0.1) is 12.4 Å². The molecule has 0 aromatic heterocycles. The minimum atomic E-state index is -0.708. The van der Waals surface area contributed by atoms with E-state index < -0.39 is 5.54 Å². The summed E-state index contributed by atoms with van der Waals surface area (Å²) in [4.78, 5) is 12.1. The Kier molecular flexibility index (Phi) is 5.45. The standard InChI is InChI=1S/C13H17ClN2O.ClH/c14-10-5-4-6-11(9-10)16-12(17)13(15)7-2-1-3-8-13;/h4-6,9H,1-3,7-8,15H2,(H,16,17);1H. The molecule has 1 aromatic rings. The Morgan fingerprint density at radius 3 is 2.56 bits per heavy atom. The van der Waals surface area contributed by atoms with Crippen LogP contribution in [0.15, 0.2) is 24.3 Å². The van der Waals surface area contributed by atoms with Gasteiger partial charge < -0.3 is 11.1 Å². The van der Waals surface area contributed by atoms with E-state index in [0.717, 1.165) is 25.7 Å². The van der Waals surface area contributed by atoms with Gasteiger partial charge in [-0.25, -0.2) is 0 Å². The Hall–Kier alpha value is -0.770. The number of halogens is 2. The Morgan fingerprint density at radius 2 is 1.94 bits per heavy atom. The molecular weight excluding hydrogens is 271 g/mol. The first-order chi connectivity index (χ1) is 8.10. The zero-order chi connectivity index (χ0) is 12.3. The van der Waals surface area contributed by atoms with Crippen molar-refractivity contribution < 1.29 is 4.79 Å². The summed E-state index contributed by atoms with van der Waals surface area (Å²) < 4.78 is 0. The molecule has 0 unspecified atom stereocenters. The van der Waals surface area contributed by atoms with Crippen molar-refractivity contribution in [2.45, 2.75) is 37.6 Å². The predicted octanol–water partition coefficient (Wildman–Crippen LogP) is 3.36. The fourth-order valence-electron chi connectivity index (χ4n) is 2.23. The highest BCUT2D eigenvalue weighted by molar-refractivity contribution is 6.30. The largest absolute Gasteiger partial charge is 0.324 e. The van der Waals surface area contributed by atoms with Crippen molar-refractivity contribution >= 4 is 35.6 Å². The maximum atomic E-state index is 12.1. The van der Waals surface area contributed by atoms with E-state index in [-0.39, 0.29) is 18.3 Å². The number of nitrogens with two attached hydrogens (primary N) is 1. The molecule has 1 aromatic carbocycles. The lowest BCUT2D eigenvalue weighted by Crippen LogP contribution is -2.52. The zero-order valence-electron chi connectivity index (χ0n) is 10.1. The molecule has 1 saturated carbocycles. The Balaban J connectivity index is 0.00000162. The quantitative estimate of drug-likeness (QED) is 0.877. The molecule has 1 fully saturated rings. The third kappa shape index (κ3) is 3.61. The molecule has 0 aliphatic heterocycles. The SMILES string of the molecule is Cl.NC1(C(=O)Nc2cccc(Cl)c2)CCCCC1. The van der Waals surface area contributed by atoms with Gasteiger partial charge in [0.1, 0.15) is 0 Å². The van der Waals surface area contributed by atoms with E-state index in [1.165, 1.54) is 6.42 Å². The van der Waals surface area contributed by atoms with Gasteiger partial charge >= 0.3 is 0 Å². The van der Waals surface area contributed by atoms with Crippen molar-refractivity contribution in [2.75, 3.05) is 5.32 Å². The number of carbonyl (C=O) groups is 1. The molecule has 18 heavy (non-hydrogen) atoms. The van der Waals surface area contributed by atoms with Gasteiger partial charge in [0.25, 0.3) is 0 Å². The van der Waals surface area contributed by atoms with Crippen molar-refractivity contribution in [1.82, 2.24) is 0 Å². The second kappa shape index (κ2) is 6.41. The zero-order valence-corrected chi connectivity index (χ0v) is 11.7. The molecule has 1 aliphatic rings. The fourth-order valence-corrected chi connectivity index (χ4v) is 2.42. The number of hydrogen-bond donors (Lipinski definition) is 2. The molecule has 0 saturated heterocycles. The summed E-state index contributed by atoms with van der Waals surface area (Å²) in [5.74, 6) is -0.0977. The van der Waals surface area contributed by atoms with Gasteiger partial charge in [-0.3, -0.25) is 4.79 Å². The fraction of sp³-hybridized carbons (Fsp3) is 0.462. The number of rotatable bonds is 2. The highest BCUT2D eigenvalue weighted by atomic mass is 35.5. The van der Waals surface area contributed by atoms with Gasteiger partial charge in [0.2, 0.25) is 5.91 Å². The van der Waals surface area contributed by atoms with Crippen molar-refractivity contribution in [3.05, 3.63) is 29.3 Å². The van der Waals surface area contributed by atoms with Crippen molar-refractivity contribution in [1.29, 1.82) is 0 Å². The van der Waals surface area contributed by atoms with E-state index in [9.17, 15) is 4.79 Å². The Bertz CT molecular complexity index is 417. The molecule has 3 nitrogen and oxygen atoms in total. The maximum Gasteiger partial charge on any atom is 0.244 e. The molecule has 2 rings (SSSR count). The molecule has 3 N–H and O–H groups in total. The Labute approximate surface area is 118 Å². The minimum Gasteiger partial charge on any atom is -0.324 e. The second-order valence-corrected chi connectivity index (χ2v) is 5.12. The summed E-state index contributed by atoms with van der Waals surface area (Å²) in [5, 5.41) is 3.45. The Morgan fingerprint density at radius 1 is 1.28 bits per heavy atom. The second-order valence-electron chi connectivity index (χ2n) is 4.68. The number of hydrogen-bond acceptors (Lipinski definition) is 2. The van der Waals surface area contributed by atoms with Crippen LogP contribution in [0.3, 0.4) is 0 Å². The third-order valence-corrected chi connectivity index (χ3v) is 3.52. The van der Waals surface area contributed by atoms with Gasteiger partial charge in [0.05, 0.1) is 5.54 Å². The van der Waals surface area contributed by atoms with E-state index in [1.54, 1.807) is 12.1 Å². The number of anilines is 1. The summed E-state index contributed by atoms with van der Waals surface area (Å²) in [5.41, 5.74) is 6.14. The lowest BCUT2D eigenvalue weighted by atomic mass is 9.82. The molecule has 0 radical (unpaired) electrons. The van der Waals surface area contributed by atoms with Crippen LogP contribution in [0.1, 0.15) is 32.1 Å². The number of amides is 1. The lowest BCUT2D eigenvalue weighted by Gasteiger charge is -2.31. The van der Waals surface area contributed by atoms with Crippen LogP contribution in [-0.4, -0.2) is 11.4 Å². The van der Waals surface area contributed by atoms with Crippen LogP contribution >= 0.6 is 24.0 Å². The van der Waals surface area contributed by atoms with Crippen LogP contribution in [0.4, 0.5) is 5.69 Å². The van der Waals surface area contributed by atoms with Crippen LogP contribution in [0, 0.1) is 0 Å². The predicted molar refractivity (Wildman–Crippen MR) is 77.3 cm³/mol. The molecule has 1 amide bonds. The first-order valence-corrected chi connectivity index (χ1v) is 6.34. The van der Waals surface area contributed by atoms with Crippen molar-refractivity contribution in [2.24, 2.45) is 5.73 Å². The normalized spacial score (nSPS) is 17.7. The van der Waals surface area contributed by atoms with E-state index in [4.69, 9.17) is 17.3 Å². The van der Waals surface area contributed by atoms with Gasteiger partial charge in [0, 0.05) is 10.7 Å². The summed E-state index contributed by atoms with van der Waals surface area (Å²) in [6.45, 7) is 0. The molecule has 0 bridgehead atoms. The molecule has 1 aliphatic carbocycles. The van der Waals surface area contributed by atoms with Gasteiger partial charge in [0.15, 0.2) is 0 Å². The summed E-state index contributed by atoms with van der Waals surface area (Å²) >= 11 is 5.87. The summed E-state index contributed by atoms with van der Waals surface area (Å²) in [7, 11) is 0. The molecule has 0 heterocycles. The van der Waals surface area contributed by atoms with Crippen LogP contribution in [0.25, 0.3) is 0 Å². The van der Waals surface area contributed by atoms with Crippen LogP contribution in [0.5, 0.6) is 0 Å². The molecule has 5 heteroatoms. The van der Waals surface area contributed by atoms with Gasteiger partial charge in [-0.1, -0.05) is 36.9 Å². The van der Waals surface area contributed by atoms with Crippen LogP contribution < -0.4 is 11.1 Å². The van der Waals surface area contributed by atoms with E-state index >= 15 is 0 Å². The topological polar surface area (TPSA) is 55.1 Å². The summed E-state index contributed by atoms with van der Waals surface area (Å²) in [6.07, 6.45) is 4.75. The summed E-state index contributed by atoms with van der Waals surface area (Å²) in [6, 6.07) is 7.12.